The summed E-state index contributed by atoms with van der Waals surface area (Å²) in [6.45, 7) is 1.13. The Hall–Kier alpha value is -1.76. The van der Waals surface area contributed by atoms with Gasteiger partial charge in [-0.3, -0.25) is 4.79 Å². The Morgan fingerprint density at radius 1 is 1.25 bits per heavy atom. The van der Waals surface area contributed by atoms with Gasteiger partial charge in [-0.1, -0.05) is 12.1 Å². The van der Waals surface area contributed by atoms with Crippen LogP contribution in [-0.2, 0) is 16.1 Å². The molecule has 0 unspecified atom stereocenters. The van der Waals surface area contributed by atoms with Crippen molar-refractivity contribution in [1.82, 2.24) is 5.32 Å². The number of carbonyl (C=O) groups excluding carboxylic acids is 1. The summed E-state index contributed by atoms with van der Waals surface area (Å²) in [5.74, 6) is -0.507. The Labute approximate surface area is 114 Å². The van der Waals surface area contributed by atoms with Crippen LogP contribution in [0.3, 0.4) is 0 Å². The van der Waals surface area contributed by atoms with E-state index in [1.165, 1.54) is 19.2 Å². The Balaban J connectivity index is 2.26. The molecule has 112 valence electrons. The van der Waals surface area contributed by atoms with Gasteiger partial charge in [0.25, 0.3) is 0 Å². The van der Waals surface area contributed by atoms with Crippen molar-refractivity contribution in [1.29, 1.82) is 0 Å². The smallest absolute Gasteiger partial charge is 0.469 e. The number of carbonyl (C=O) groups is 1. The Kier molecular flexibility index (Phi) is 6.30. The molecule has 4 nitrogen and oxygen atoms in total. The van der Waals surface area contributed by atoms with Crippen molar-refractivity contribution in [3.63, 3.8) is 0 Å². The Bertz CT molecular complexity index is 418. The van der Waals surface area contributed by atoms with Gasteiger partial charge in [-0.05, 0) is 30.7 Å². The van der Waals surface area contributed by atoms with Gasteiger partial charge < -0.3 is 14.8 Å². The first-order chi connectivity index (χ1) is 9.40. The van der Waals surface area contributed by atoms with Crippen LogP contribution in [0.4, 0.5) is 13.2 Å². The van der Waals surface area contributed by atoms with Gasteiger partial charge in [0, 0.05) is 13.0 Å². The number of ether oxygens (including phenoxy) is 2. The van der Waals surface area contributed by atoms with Crippen molar-refractivity contribution in [2.24, 2.45) is 0 Å². The van der Waals surface area contributed by atoms with Gasteiger partial charge >= 0.3 is 12.3 Å². The van der Waals surface area contributed by atoms with E-state index in [2.05, 4.69) is 14.8 Å². The predicted octanol–water partition coefficient (Wildman–Crippen LogP) is 2.63. The number of hydrogen-bond acceptors (Lipinski definition) is 4. The minimum absolute atomic E-state index is 0.244. The van der Waals surface area contributed by atoms with E-state index in [0.29, 0.717) is 25.9 Å². The van der Waals surface area contributed by atoms with Crippen molar-refractivity contribution in [3.8, 4) is 5.75 Å². The van der Waals surface area contributed by atoms with Crippen molar-refractivity contribution in [3.05, 3.63) is 29.8 Å². The van der Waals surface area contributed by atoms with Crippen molar-refractivity contribution in [2.45, 2.75) is 25.7 Å². The van der Waals surface area contributed by atoms with Gasteiger partial charge in [-0.25, -0.2) is 0 Å². The third kappa shape index (κ3) is 6.98. The van der Waals surface area contributed by atoms with E-state index in [9.17, 15) is 18.0 Å². The molecule has 1 rings (SSSR count). The average molecular weight is 291 g/mol. The van der Waals surface area contributed by atoms with E-state index in [1.54, 1.807) is 12.1 Å². The molecule has 0 aliphatic carbocycles. The summed E-state index contributed by atoms with van der Waals surface area (Å²) < 4.78 is 44.1. The molecule has 1 aromatic rings. The van der Waals surface area contributed by atoms with Gasteiger partial charge in [-0.2, -0.15) is 0 Å². The van der Waals surface area contributed by atoms with Crippen LogP contribution >= 0.6 is 0 Å². The summed E-state index contributed by atoms with van der Waals surface area (Å²) >= 11 is 0. The largest absolute Gasteiger partial charge is 0.573 e. The van der Waals surface area contributed by atoms with Gasteiger partial charge in [0.2, 0.25) is 0 Å². The predicted molar refractivity (Wildman–Crippen MR) is 66.1 cm³/mol. The number of hydrogen-bond donors (Lipinski definition) is 1. The Morgan fingerprint density at radius 3 is 2.45 bits per heavy atom. The number of halogens is 3. The van der Waals surface area contributed by atoms with Gasteiger partial charge in [-0.15, -0.1) is 13.2 Å². The van der Waals surface area contributed by atoms with Crippen LogP contribution in [0.1, 0.15) is 18.4 Å². The monoisotopic (exact) mass is 291 g/mol. The maximum absolute atomic E-state index is 12.0. The number of rotatable bonds is 7. The lowest BCUT2D eigenvalue weighted by atomic mass is 10.2. The highest BCUT2D eigenvalue weighted by Crippen LogP contribution is 2.22. The molecular weight excluding hydrogens is 275 g/mol. The third-order valence-corrected chi connectivity index (χ3v) is 2.45. The van der Waals surface area contributed by atoms with Crippen molar-refractivity contribution < 1.29 is 27.4 Å². The molecule has 20 heavy (non-hydrogen) atoms. The molecule has 0 atom stereocenters. The lowest BCUT2D eigenvalue weighted by molar-refractivity contribution is -0.274. The van der Waals surface area contributed by atoms with E-state index >= 15 is 0 Å². The van der Waals surface area contributed by atoms with Crippen LogP contribution in [0.2, 0.25) is 0 Å². The summed E-state index contributed by atoms with van der Waals surface area (Å²) in [6.07, 6.45) is -3.70. The highest BCUT2D eigenvalue weighted by atomic mass is 19.4. The highest BCUT2D eigenvalue weighted by molar-refractivity contribution is 5.69. The molecule has 0 aromatic heterocycles. The van der Waals surface area contributed by atoms with E-state index in [-0.39, 0.29) is 11.7 Å². The molecule has 0 aliphatic rings. The molecule has 1 aromatic carbocycles. The standard InChI is InChI=1S/C13H16F3NO3/c1-19-12(18)3-2-8-17-9-10-4-6-11(7-5-10)20-13(14,15)16/h4-7,17H,2-3,8-9H2,1H3. The van der Waals surface area contributed by atoms with Gasteiger partial charge in [0.1, 0.15) is 5.75 Å². The van der Waals surface area contributed by atoms with Gasteiger partial charge in [0.05, 0.1) is 7.11 Å². The number of methoxy groups -OCH3 is 1. The number of alkyl halides is 3. The molecule has 0 bridgehead atoms. The minimum Gasteiger partial charge on any atom is -0.469 e. The fourth-order valence-corrected chi connectivity index (χ4v) is 1.50. The SMILES string of the molecule is COC(=O)CCCNCc1ccc(OC(F)(F)F)cc1. The van der Waals surface area contributed by atoms with E-state index in [0.717, 1.165) is 5.56 Å². The fourth-order valence-electron chi connectivity index (χ4n) is 1.50. The van der Waals surface area contributed by atoms with E-state index < -0.39 is 6.36 Å². The lowest BCUT2D eigenvalue weighted by Crippen LogP contribution is -2.17. The minimum atomic E-state index is -4.67. The summed E-state index contributed by atoms with van der Waals surface area (Å²) in [5, 5.41) is 3.08. The maximum Gasteiger partial charge on any atom is 0.573 e. The molecular formula is C13H16F3NO3. The third-order valence-electron chi connectivity index (χ3n) is 2.45. The quantitative estimate of drug-likeness (QED) is 0.619. The second kappa shape index (κ2) is 7.74. The topological polar surface area (TPSA) is 47.6 Å². The zero-order valence-corrected chi connectivity index (χ0v) is 11.0. The molecule has 0 heterocycles. The zero-order valence-electron chi connectivity index (χ0n) is 11.0. The van der Waals surface area contributed by atoms with Crippen LogP contribution in [-0.4, -0.2) is 26.0 Å². The molecule has 0 saturated heterocycles. The molecule has 0 spiro atoms. The van der Waals surface area contributed by atoms with E-state index in [4.69, 9.17) is 0 Å². The van der Waals surface area contributed by atoms with E-state index in [1.807, 2.05) is 0 Å². The first kappa shape index (κ1) is 16.3. The summed E-state index contributed by atoms with van der Waals surface area (Å²) in [6, 6.07) is 5.63. The average Bonchev–Trinajstić information content (AvgIpc) is 2.38. The molecule has 0 radical (unpaired) electrons. The summed E-state index contributed by atoms with van der Waals surface area (Å²) in [4.78, 5) is 10.8. The highest BCUT2D eigenvalue weighted by Gasteiger charge is 2.30. The van der Waals surface area contributed by atoms with Crippen LogP contribution in [0.15, 0.2) is 24.3 Å². The number of benzene rings is 1. The first-order valence-corrected chi connectivity index (χ1v) is 6.03. The Morgan fingerprint density at radius 2 is 1.90 bits per heavy atom. The van der Waals surface area contributed by atoms with Crippen molar-refractivity contribution in [2.75, 3.05) is 13.7 Å². The van der Waals surface area contributed by atoms with Crippen LogP contribution < -0.4 is 10.1 Å². The number of nitrogens with one attached hydrogen (secondary N) is 1. The number of esters is 1. The normalized spacial score (nSPS) is 11.2. The first-order valence-electron chi connectivity index (χ1n) is 6.03. The molecule has 0 aliphatic heterocycles. The molecule has 1 N–H and O–H groups in total. The van der Waals surface area contributed by atoms with Crippen LogP contribution in [0, 0.1) is 0 Å². The zero-order chi connectivity index (χ0) is 15.0. The molecule has 7 heteroatoms. The maximum atomic E-state index is 12.0. The van der Waals surface area contributed by atoms with Crippen LogP contribution in [0.5, 0.6) is 5.75 Å². The second-order valence-corrected chi connectivity index (χ2v) is 4.05. The molecule has 0 amide bonds. The molecule has 0 fully saturated rings. The summed E-state index contributed by atoms with van der Waals surface area (Å²) in [5.41, 5.74) is 0.831. The molecule has 0 saturated carbocycles. The van der Waals surface area contributed by atoms with Gasteiger partial charge in [0.15, 0.2) is 0 Å². The lowest BCUT2D eigenvalue weighted by Gasteiger charge is -2.09. The van der Waals surface area contributed by atoms with Crippen LogP contribution in [0.25, 0.3) is 0 Å². The second-order valence-electron chi connectivity index (χ2n) is 4.05. The van der Waals surface area contributed by atoms with Crippen molar-refractivity contribution >= 4 is 5.97 Å². The fraction of sp³-hybridized carbons (Fsp3) is 0.462. The summed E-state index contributed by atoms with van der Waals surface area (Å²) in [7, 11) is 1.33.